The van der Waals surface area contributed by atoms with Gasteiger partial charge in [-0.15, -0.1) is 5.10 Å². The molecule has 0 aliphatic carbocycles. The molecule has 1 amide bonds. The molecule has 0 saturated carbocycles. The first-order valence-electron chi connectivity index (χ1n) is 7.52. The summed E-state index contributed by atoms with van der Waals surface area (Å²) in [7, 11) is 0. The lowest BCUT2D eigenvalue weighted by atomic mass is 10.0. The Morgan fingerprint density at radius 2 is 2.13 bits per heavy atom. The Morgan fingerprint density at radius 3 is 2.74 bits per heavy atom. The standard InChI is InChI=1S/C16H21ClN4O2/c1-10(2)7-13(9-22)18-16(23)15-11(3)19-21(20-15)14-6-4-5-12(17)8-14/h4-6,8,10,13,22H,7,9H2,1-3H3,(H,18,23). The fourth-order valence-corrected chi connectivity index (χ4v) is 2.49. The third kappa shape index (κ3) is 4.53. The Bertz CT molecular complexity index is 684. The zero-order valence-electron chi connectivity index (χ0n) is 13.5. The second kappa shape index (κ2) is 7.57. The summed E-state index contributed by atoms with van der Waals surface area (Å²) in [5.41, 5.74) is 1.44. The van der Waals surface area contributed by atoms with Gasteiger partial charge in [-0.1, -0.05) is 31.5 Å². The van der Waals surface area contributed by atoms with Crippen LogP contribution in [0, 0.1) is 12.8 Å². The van der Waals surface area contributed by atoms with Crippen LogP contribution in [0.2, 0.25) is 5.02 Å². The van der Waals surface area contributed by atoms with Gasteiger partial charge in [-0.05, 0) is 37.5 Å². The molecule has 0 spiro atoms. The van der Waals surface area contributed by atoms with E-state index >= 15 is 0 Å². The van der Waals surface area contributed by atoms with Gasteiger partial charge in [0.1, 0.15) is 0 Å². The van der Waals surface area contributed by atoms with Gasteiger partial charge >= 0.3 is 0 Å². The van der Waals surface area contributed by atoms with Crippen LogP contribution in [-0.4, -0.2) is 38.7 Å². The molecule has 2 N–H and O–H groups in total. The van der Waals surface area contributed by atoms with Crippen LogP contribution in [0.15, 0.2) is 24.3 Å². The van der Waals surface area contributed by atoms with E-state index in [2.05, 4.69) is 15.5 Å². The number of carbonyl (C=O) groups is 1. The molecule has 1 heterocycles. The maximum absolute atomic E-state index is 12.4. The minimum atomic E-state index is -0.338. The molecule has 0 bridgehead atoms. The third-order valence-corrected chi connectivity index (χ3v) is 3.58. The van der Waals surface area contributed by atoms with Gasteiger partial charge in [0.25, 0.3) is 5.91 Å². The second-order valence-electron chi connectivity index (χ2n) is 5.89. The lowest BCUT2D eigenvalue weighted by molar-refractivity contribution is 0.0902. The number of aliphatic hydroxyl groups is 1. The minimum Gasteiger partial charge on any atom is -0.394 e. The molecule has 0 saturated heterocycles. The molecule has 2 rings (SSSR count). The van der Waals surface area contributed by atoms with E-state index in [0.717, 1.165) is 0 Å². The minimum absolute atomic E-state index is 0.106. The highest BCUT2D eigenvalue weighted by Crippen LogP contribution is 2.14. The number of hydrogen-bond acceptors (Lipinski definition) is 4. The van der Waals surface area contributed by atoms with Gasteiger partial charge in [0.15, 0.2) is 5.69 Å². The van der Waals surface area contributed by atoms with E-state index in [-0.39, 0.29) is 24.2 Å². The smallest absolute Gasteiger partial charge is 0.274 e. The van der Waals surface area contributed by atoms with Crippen LogP contribution in [-0.2, 0) is 0 Å². The van der Waals surface area contributed by atoms with E-state index in [9.17, 15) is 9.90 Å². The van der Waals surface area contributed by atoms with E-state index < -0.39 is 0 Å². The molecule has 0 fully saturated rings. The number of aliphatic hydroxyl groups excluding tert-OH is 1. The van der Waals surface area contributed by atoms with Crippen molar-refractivity contribution >= 4 is 17.5 Å². The van der Waals surface area contributed by atoms with Crippen LogP contribution >= 0.6 is 11.6 Å². The largest absolute Gasteiger partial charge is 0.394 e. The van der Waals surface area contributed by atoms with E-state index in [0.29, 0.717) is 28.7 Å². The van der Waals surface area contributed by atoms with Crippen LogP contribution in [0.3, 0.4) is 0 Å². The van der Waals surface area contributed by atoms with Crippen LogP contribution in [0.25, 0.3) is 5.69 Å². The lowest BCUT2D eigenvalue weighted by Gasteiger charge is -2.17. The monoisotopic (exact) mass is 336 g/mol. The van der Waals surface area contributed by atoms with Crippen molar-refractivity contribution in [3.05, 3.63) is 40.7 Å². The Labute approximate surface area is 140 Å². The molecule has 0 aliphatic heterocycles. The molecule has 23 heavy (non-hydrogen) atoms. The van der Waals surface area contributed by atoms with Crippen molar-refractivity contribution in [2.24, 2.45) is 5.92 Å². The molecule has 6 nitrogen and oxygen atoms in total. The number of nitrogens with one attached hydrogen (secondary N) is 1. The fourth-order valence-electron chi connectivity index (χ4n) is 2.31. The quantitative estimate of drug-likeness (QED) is 0.848. The van der Waals surface area contributed by atoms with Crippen LogP contribution in [0.5, 0.6) is 0 Å². The highest BCUT2D eigenvalue weighted by atomic mass is 35.5. The Kier molecular flexibility index (Phi) is 5.74. The molecule has 1 aromatic carbocycles. The topological polar surface area (TPSA) is 80.0 Å². The Hall–Kier alpha value is -1.92. The number of aryl methyl sites for hydroxylation is 1. The summed E-state index contributed by atoms with van der Waals surface area (Å²) in [4.78, 5) is 13.7. The van der Waals surface area contributed by atoms with E-state index in [4.69, 9.17) is 11.6 Å². The van der Waals surface area contributed by atoms with E-state index in [1.807, 2.05) is 19.9 Å². The van der Waals surface area contributed by atoms with Crippen LogP contribution in [0.1, 0.15) is 36.5 Å². The highest BCUT2D eigenvalue weighted by Gasteiger charge is 2.20. The molecule has 7 heteroatoms. The predicted octanol–water partition coefficient (Wildman–Crippen LogP) is 2.37. The van der Waals surface area contributed by atoms with Gasteiger partial charge in [-0.25, -0.2) is 0 Å². The fraction of sp³-hybridized carbons (Fsp3) is 0.438. The summed E-state index contributed by atoms with van der Waals surface area (Å²) >= 11 is 5.96. The van der Waals surface area contributed by atoms with Crippen molar-refractivity contribution in [1.82, 2.24) is 20.3 Å². The van der Waals surface area contributed by atoms with Crippen molar-refractivity contribution < 1.29 is 9.90 Å². The first-order valence-corrected chi connectivity index (χ1v) is 7.90. The van der Waals surface area contributed by atoms with Crippen LogP contribution in [0.4, 0.5) is 0 Å². The number of halogens is 1. The van der Waals surface area contributed by atoms with Gasteiger partial charge < -0.3 is 10.4 Å². The Morgan fingerprint density at radius 1 is 1.39 bits per heavy atom. The molecule has 1 unspecified atom stereocenters. The van der Waals surface area contributed by atoms with Gasteiger partial charge in [0.2, 0.25) is 0 Å². The van der Waals surface area contributed by atoms with Gasteiger partial charge in [-0.3, -0.25) is 4.79 Å². The zero-order chi connectivity index (χ0) is 17.0. The van der Waals surface area contributed by atoms with Crippen molar-refractivity contribution in [3.8, 4) is 5.69 Å². The summed E-state index contributed by atoms with van der Waals surface area (Å²) in [6.07, 6.45) is 0.698. The van der Waals surface area contributed by atoms with Crippen molar-refractivity contribution in [2.75, 3.05) is 6.61 Å². The number of nitrogens with zero attached hydrogens (tertiary/aromatic N) is 3. The summed E-state index contributed by atoms with van der Waals surface area (Å²) < 4.78 is 0. The zero-order valence-corrected chi connectivity index (χ0v) is 14.2. The number of amides is 1. The van der Waals surface area contributed by atoms with Crippen LogP contribution < -0.4 is 5.32 Å². The average molecular weight is 337 g/mol. The number of benzene rings is 1. The maximum atomic E-state index is 12.4. The molecular weight excluding hydrogens is 316 g/mol. The molecule has 2 aromatic rings. The SMILES string of the molecule is Cc1nn(-c2cccc(Cl)c2)nc1C(=O)NC(CO)CC(C)C. The molecule has 0 radical (unpaired) electrons. The Balaban J connectivity index is 2.18. The first kappa shape index (κ1) is 17.4. The van der Waals surface area contributed by atoms with Gasteiger partial charge in [-0.2, -0.15) is 9.90 Å². The molecule has 124 valence electrons. The van der Waals surface area contributed by atoms with E-state index in [1.54, 1.807) is 25.1 Å². The molecule has 1 aromatic heterocycles. The highest BCUT2D eigenvalue weighted by molar-refractivity contribution is 6.30. The maximum Gasteiger partial charge on any atom is 0.274 e. The third-order valence-electron chi connectivity index (χ3n) is 3.35. The number of rotatable bonds is 6. The van der Waals surface area contributed by atoms with Crippen molar-refractivity contribution in [1.29, 1.82) is 0 Å². The average Bonchev–Trinajstić information content (AvgIpc) is 2.88. The second-order valence-corrected chi connectivity index (χ2v) is 6.32. The van der Waals surface area contributed by atoms with Gasteiger partial charge in [0, 0.05) is 5.02 Å². The number of carbonyl (C=O) groups excluding carboxylic acids is 1. The molecular formula is C16H21ClN4O2. The lowest BCUT2D eigenvalue weighted by Crippen LogP contribution is -2.38. The number of hydrogen-bond donors (Lipinski definition) is 2. The van der Waals surface area contributed by atoms with Crippen molar-refractivity contribution in [3.63, 3.8) is 0 Å². The summed E-state index contributed by atoms with van der Waals surface area (Å²) in [5.74, 6) is 0.0335. The molecule has 1 atom stereocenters. The normalized spacial score (nSPS) is 12.4. The predicted molar refractivity (Wildman–Crippen MR) is 88.9 cm³/mol. The van der Waals surface area contributed by atoms with E-state index in [1.165, 1.54) is 4.80 Å². The van der Waals surface area contributed by atoms with Gasteiger partial charge in [0.05, 0.1) is 24.0 Å². The summed E-state index contributed by atoms with van der Waals surface area (Å²) in [6, 6.07) is 6.78. The van der Waals surface area contributed by atoms with Crippen molar-refractivity contribution in [2.45, 2.75) is 33.2 Å². The molecule has 0 aliphatic rings. The first-order chi connectivity index (χ1) is 10.9. The summed E-state index contributed by atoms with van der Waals surface area (Å²) in [6.45, 7) is 5.69. The number of aromatic nitrogens is 3. The summed E-state index contributed by atoms with van der Waals surface area (Å²) in [5, 5.41) is 21.3.